The third-order valence-corrected chi connectivity index (χ3v) is 7.20. The Labute approximate surface area is 213 Å². The smallest absolute Gasteiger partial charge is 0.413 e. The lowest BCUT2D eigenvalue weighted by atomic mass is 9.81. The maximum atomic E-state index is 15.3. The number of ether oxygens (including phenoxy) is 1. The van der Waals surface area contributed by atoms with Crippen molar-refractivity contribution in [2.45, 2.75) is 51.7 Å². The molecular formula is C26H28FN5O3S. The molecule has 2 heterocycles. The number of nitrogens with zero attached hydrogens (tertiary/aromatic N) is 3. The monoisotopic (exact) mass is 509 g/mol. The van der Waals surface area contributed by atoms with Crippen molar-refractivity contribution < 1.29 is 18.7 Å². The molecule has 10 heteroatoms. The Morgan fingerprint density at radius 3 is 2.69 bits per heavy atom. The molecule has 2 N–H and O–H groups in total. The molecule has 2 aromatic rings. The Hall–Kier alpha value is -3.45. The Balaban J connectivity index is 1.64. The minimum Gasteiger partial charge on any atom is -0.444 e. The number of anilines is 1. The van der Waals surface area contributed by atoms with Gasteiger partial charge in [-0.15, -0.1) is 0 Å². The van der Waals surface area contributed by atoms with Crippen LogP contribution in [0.4, 0.5) is 14.9 Å². The van der Waals surface area contributed by atoms with E-state index in [0.29, 0.717) is 40.1 Å². The second kappa shape index (κ2) is 9.90. The molecule has 36 heavy (non-hydrogen) atoms. The summed E-state index contributed by atoms with van der Waals surface area (Å²) in [5.74, 6) is 0.157. The standard InChI is InChI=1S/C26H28FN5O3S/c1-15-9-17-14-36-23(31-24(34)35-25(2,3)4)32-26(17,11-15)19-10-18(6-7-20(19)27)30-22(33)21-8-5-16(12-28)13-29-21/h5-8,10,13,15,17H,9,11,14H2,1-4H3,(H,30,33)(H,31,32,34)/t15-,17-,26-/m0/s1. The number of carbonyl (C=O) groups excluding carboxylic acids is 2. The number of amides is 2. The summed E-state index contributed by atoms with van der Waals surface area (Å²) in [6.07, 6.45) is 2.21. The fourth-order valence-electron chi connectivity index (χ4n) is 4.77. The average Bonchev–Trinajstić information content (AvgIpc) is 3.15. The molecule has 2 aliphatic rings. The number of alkyl carbamates (subject to hydrolysis) is 1. The van der Waals surface area contributed by atoms with Crippen LogP contribution in [0.2, 0.25) is 0 Å². The first-order valence-corrected chi connectivity index (χ1v) is 12.7. The van der Waals surface area contributed by atoms with Gasteiger partial charge < -0.3 is 10.1 Å². The number of thioether (sulfide) groups is 1. The van der Waals surface area contributed by atoms with E-state index in [0.717, 1.165) is 6.42 Å². The molecule has 0 radical (unpaired) electrons. The minimum absolute atomic E-state index is 0.0716. The second-order valence-electron chi connectivity index (χ2n) is 10.2. The van der Waals surface area contributed by atoms with Gasteiger partial charge in [-0.3, -0.25) is 15.1 Å². The van der Waals surface area contributed by atoms with E-state index in [2.05, 4.69) is 22.5 Å². The summed E-state index contributed by atoms with van der Waals surface area (Å²) in [6.45, 7) is 7.45. The number of halogens is 1. The van der Waals surface area contributed by atoms with Crippen LogP contribution < -0.4 is 10.6 Å². The highest BCUT2D eigenvalue weighted by molar-refractivity contribution is 8.13. The zero-order chi connectivity index (χ0) is 26.1. The van der Waals surface area contributed by atoms with Gasteiger partial charge in [-0.1, -0.05) is 18.7 Å². The Kier molecular flexibility index (Phi) is 7.05. The van der Waals surface area contributed by atoms with E-state index < -0.39 is 29.0 Å². The molecule has 4 rings (SSSR count). The van der Waals surface area contributed by atoms with Gasteiger partial charge in [0.1, 0.15) is 23.2 Å². The molecule has 1 aliphatic carbocycles. The Morgan fingerprint density at radius 2 is 2.03 bits per heavy atom. The van der Waals surface area contributed by atoms with E-state index in [4.69, 9.17) is 15.0 Å². The van der Waals surface area contributed by atoms with E-state index in [-0.39, 0.29) is 11.6 Å². The third kappa shape index (κ3) is 5.51. The summed E-state index contributed by atoms with van der Waals surface area (Å²) in [5, 5.41) is 14.8. The number of pyridine rings is 1. The van der Waals surface area contributed by atoms with Crippen molar-refractivity contribution in [3.05, 3.63) is 59.2 Å². The summed E-state index contributed by atoms with van der Waals surface area (Å²) in [6, 6.07) is 9.36. The fourth-order valence-corrected chi connectivity index (χ4v) is 5.92. The number of amidine groups is 1. The van der Waals surface area contributed by atoms with E-state index >= 15 is 4.39 Å². The first-order valence-electron chi connectivity index (χ1n) is 11.7. The van der Waals surface area contributed by atoms with Crippen molar-refractivity contribution in [1.29, 1.82) is 5.26 Å². The molecule has 0 saturated heterocycles. The number of fused-ring (bicyclic) bond motifs is 1. The predicted octanol–water partition coefficient (Wildman–Crippen LogP) is 5.21. The van der Waals surface area contributed by atoms with Gasteiger partial charge in [0.15, 0.2) is 5.17 Å². The van der Waals surface area contributed by atoms with E-state index in [1.807, 2.05) is 6.07 Å². The number of aliphatic imine (C=N–C) groups is 1. The predicted molar refractivity (Wildman–Crippen MR) is 136 cm³/mol. The number of aromatic nitrogens is 1. The molecule has 2 amide bonds. The number of carbonyl (C=O) groups is 2. The molecule has 0 unspecified atom stereocenters. The highest BCUT2D eigenvalue weighted by Gasteiger charge is 2.51. The van der Waals surface area contributed by atoms with Crippen LogP contribution in [-0.2, 0) is 10.3 Å². The maximum absolute atomic E-state index is 15.3. The van der Waals surface area contributed by atoms with E-state index in [1.54, 1.807) is 26.8 Å². The van der Waals surface area contributed by atoms with E-state index in [1.165, 1.54) is 42.2 Å². The van der Waals surface area contributed by atoms with Gasteiger partial charge in [0, 0.05) is 23.2 Å². The number of nitriles is 1. The molecule has 1 fully saturated rings. The van der Waals surface area contributed by atoms with E-state index in [9.17, 15) is 9.59 Å². The largest absolute Gasteiger partial charge is 0.444 e. The SMILES string of the molecule is C[C@H]1C[C@H]2CSC(NC(=O)OC(C)(C)C)=N[C@@]2(c2cc(NC(=O)c3ccc(C#N)cn3)ccc2F)C1. The number of hydrogen-bond acceptors (Lipinski definition) is 7. The van der Waals surface area contributed by atoms with Crippen LogP contribution in [0.3, 0.4) is 0 Å². The molecule has 1 aliphatic heterocycles. The zero-order valence-electron chi connectivity index (χ0n) is 20.6. The van der Waals surface area contributed by atoms with Crippen LogP contribution >= 0.6 is 11.8 Å². The molecule has 1 saturated carbocycles. The van der Waals surface area contributed by atoms with Gasteiger partial charge in [0.05, 0.1) is 11.1 Å². The molecule has 0 spiro atoms. The van der Waals surface area contributed by atoms with Crippen molar-refractivity contribution in [3.8, 4) is 6.07 Å². The van der Waals surface area contributed by atoms with Crippen molar-refractivity contribution in [1.82, 2.24) is 10.3 Å². The van der Waals surface area contributed by atoms with Crippen LogP contribution in [0.25, 0.3) is 0 Å². The van der Waals surface area contributed by atoms with Crippen LogP contribution in [0.5, 0.6) is 0 Å². The van der Waals surface area contributed by atoms with Crippen LogP contribution in [-0.4, -0.2) is 33.5 Å². The minimum atomic E-state index is -0.869. The van der Waals surface area contributed by atoms with Gasteiger partial charge in [-0.25, -0.2) is 14.2 Å². The quantitative estimate of drug-likeness (QED) is 0.586. The normalized spacial score (nSPS) is 23.2. The summed E-state index contributed by atoms with van der Waals surface area (Å²) in [5.41, 5.74) is -0.251. The lowest BCUT2D eigenvalue weighted by molar-refractivity contribution is 0.0563. The van der Waals surface area contributed by atoms with Crippen molar-refractivity contribution >= 4 is 34.6 Å². The summed E-state index contributed by atoms with van der Waals surface area (Å²) in [4.78, 5) is 34.0. The van der Waals surface area contributed by atoms with Gasteiger partial charge in [-0.05, 0) is 75.8 Å². The number of rotatable bonds is 3. The molecular weight excluding hydrogens is 481 g/mol. The molecule has 188 valence electrons. The molecule has 1 aromatic carbocycles. The van der Waals surface area contributed by atoms with Gasteiger partial charge in [0.2, 0.25) is 0 Å². The average molecular weight is 510 g/mol. The highest BCUT2D eigenvalue weighted by Crippen LogP contribution is 2.54. The summed E-state index contributed by atoms with van der Waals surface area (Å²) >= 11 is 1.42. The first-order chi connectivity index (χ1) is 17.0. The van der Waals surface area contributed by atoms with Crippen LogP contribution in [0.15, 0.2) is 41.5 Å². The van der Waals surface area contributed by atoms with Crippen LogP contribution in [0.1, 0.15) is 62.2 Å². The Bertz CT molecular complexity index is 1250. The lowest BCUT2D eigenvalue weighted by Gasteiger charge is -2.37. The third-order valence-electron chi connectivity index (χ3n) is 6.17. The van der Waals surface area contributed by atoms with Crippen molar-refractivity contribution in [3.63, 3.8) is 0 Å². The highest BCUT2D eigenvalue weighted by atomic mass is 32.2. The molecule has 1 aromatic heterocycles. The first kappa shape index (κ1) is 25.6. The van der Waals surface area contributed by atoms with Crippen molar-refractivity contribution in [2.24, 2.45) is 16.8 Å². The zero-order valence-corrected chi connectivity index (χ0v) is 21.4. The number of nitrogens with one attached hydrogen (secondary N) is 2. The maximum Gasteiger partial charge on any atom is 0.413 e. The lowest BCUT2D eigenvalue weighted by Crippen LogP contribution is -2.42. The van der Waals surface area contributed by atoms with Crippen molar-refractivity contribution in [2.75, 3.05) is 11.1 Å². The van der Waals surface area contributed by atoms with Gasteiger partial charge in [0.25, 0.3) is 5.91 Å². The summed E-state index contributed by atoms with van der Waals surface area (Å²) in [7, 11) is 0. The second-order valence-corrected chi connectivity index (χ2v) is 11.2. The van der Waals surface area contributed by atoms with Gasteiger partial charge >= 0.3 is 6.09 Å². The topological polar surface area (TPSA) is 116 Å². The molecule has 8 nitrogen and oxygen atoms in total. The number of benzene rings is 1. The van der Waals surface area contributed by atoms with Crippen LogP contribution in [0, 0.1) is 29.0 Å². The number of hydrogen-bond donors (Lipinski definition) is 2. The molecule has 0 bridgehead atoms. The Morgan fingerprint density at radius 1 is 1.25 bits per heavy atom. The fraction of sp³-hybridized carbons (Fsp3) is 0.423. The van der Waals surface area contributed by atoms with Gasteiger partial charge in [-0.2, -0.15) is 5.26 Å². The summed E-state index contributed by atoms with van der Waals surface area (Å²) < 4.78 is 20.7. The molecule has 3 atom stereocenters.